The first kappa shape index (κ1) is 14.9. The summed E-state index contributed by atoms with van der Waals surface area (Å²) in [5.41, 5.74) is 3.13. The zero-order valence-corrected chi connectivity index (χ0v) is 13.7. The summed E-state index contributed by atoms with van der Waals surface area (Å²) in [6.45, 7) is 2.67. The molecule has 1 saturated carbocycles. The highest BCUT2D eigenvalue weighted by Crippen LogP contribution is 2.49. The van der Waals surface area contributed by atoms with E-state index in [0.717, 1.165) is 23.4 Å². The van der Waals surface area contributed by atoms with Crippen molar-refractivity contribution < 1.29 is 9.59 Å². The number of nitrogens with one attached hydrogen (secondary N) is 1. The fourth-order valence-corrected chi connectivity index (χ4v) is 3.36. The third kappa shape index (κ3) is 2.39. The lowest BCUT2D eigenvalue weighted by Crippen LogP contribution is -2.42. The van der Waals surface area contributed by atoms with Gasteiger partial charge < -0.3 is 10.2 Å². The highest BCUT2D eigenvalue weighted by molar-refractivity contribution is 6.18. The first-order valence-electron chi connectivity index (χ1n) is 8.38. The van der Waals surface area contributed by atoms with Crippen LogP contribution in [0.25, 0.3) is 0 Å². The Bertz CT molecular complexity index is 807. The Morgan fingerprint density at radius 2 is 1.75 bits per heavy atom. The number of benzene rings is 2. The predicted molar refractivity (Wildman–Crippen MR) is 94.0 cm³/mol. The third-order valence-corrected chi connectivity index (χ3v) is 5.04. The van der Waals surface area contributed by atoms with E-state index in [-0.39, 0.29) is 11.8 Å². The Kier molecular flexibility index (Phi) is 3.41. The quantitative estimate of drug-likeness (QED) is 0.882. The van der Waals surface area contributed by atoms with Crippen molar-refractivity contribution in [1.29, 1.82) is 0 Å². The summed E-state index contributed by atoms with van der Waals surface area (Å²) in [6.07, 6.45) is 2.11. The van der Waals surface area contributed by atoms with E-state index in [1.54, 1.807) is 4.90 Å². The van der Waals surface area contributed by atoms with Crippen molar-refractivity contribution in [2.24, 2.45) is 5.41 Å². The summed E-state index contributed by atoms with van der Waals surface area (Å²) in [5, 5.41) is 2.91. The van der Waals surface area contributed by atoms with Crippen LogP contribution in [0.4, 0.5) is 11.4 Å². The monoisotopic (exact) mass is 320 g/mol. The fraction of sp³-hybridized carbons (Fsp3) is 0.300. The number of hydrogen-bond donors (Lipinski definition) is 1. The minimum absolute atomic E-state index is 0.0583. The molecule has 0 aromatic heterocycles. The molecule has 1 aliphatic carbocycles. The van der Waals surface area contributed by atoms with Gasteiger partial charge in [0.15, 0.2) is 0 Å². The molecule has 4 rings (SSSR count). The molecule has 2 aromatic rings. The van der Waals surface area contributed by atoms with Gasteiger partial charge in [-0.3, -0.25) is 9.59 Å². The number of fused-ring (bicyclic) bond motifs is 1. The lowest BCUT2D eigenvalue weighted by atomic mass is 10.0. The minimum atomic E-state index is -0.887. The summed E-state index contributed by atoms with van der Waals surface area (Å²) in [6, 6.07) is 15.6. The van der Waals surface area contributed by atoms with Crippen molar-refractivity contribution in [1.82, 2.24) is 0 Å². The van der Waals surface area contributed by atoms with E-state index in [4.69, 9.17) is 0 Å². The normalized spacial score (nSPS) is 17.3. The lowest BCUT2D eigenvalue weighted by molar-refractivity contribution is -0.132. The van der Waals surface area contributed by atoms with Crippen molar-refractivity contribution in [2.75, 3.05) is 16.8 Å². The molecule has 2 amide bonds. The van der Waals surface area contributed by atoms with Gasteiger partial charge in [-0.05, 0) is 49.9 Å². The van der Waals surface area contributed by atoms with Crippen molar-refractivity contribution >= 4 is 23.2 Å². The summed E-state index contributed by atoms with van der Waals surface area (Å²) in [5.74, 6) is -0.238. The van der Waals surface area contributed by atoms with Crippen molar-refractivity contribution in [3.8, 4) is 0 Å². The first-order valence-corrected chi connectivity index (χ1v) is 8.38. The summed E-state index contributed by atoms with van der Waals surface area (Å²) >= 11 is 0. The number of para-hydroxylation sites is 1. The van der Waals surface area contributed by atoms with Gasteiger partial charge >= 0.3 is 0 Å². The van der Waals surface area contributed by atoms with Gasteiger partial charge in [-0.25, -0.2) is 0 Å². The highest BCUT2D eigenvalue weighted by Gasteiger charge is 2.58. The number of rotatable bonds is 3. The fourth-order valence-electron chi connectivity index (χ4n) is 3.36. The van der Waals surface area contributed by atoms with Crippen molar-refractivity contribution in [2.45, 2.75) is 26.2 Å². The summed E-state index contributed by atoms with van der Waals surface area (Å²) < 4.78 is 0. The first-order chi connectivity index (χ1) is 11.6. The molecule has 1 aliphatic heterocycles. The van der Waals surface area contributed by atoms with Gasteiger partial charge in [-0.2, -0.15) is 0 Å². The topological polar surface area (TPSA) is 49.4 Å². The molecule has 0 bridgehead atoms. The Morgan fingerprint density at radius 3 is 2.46 bits per heavy atom. The number of carbonyl (C=O) groups is 2. The standard InChI is InChI=1S/C20H20N2O2/c1-14-6-8-16(9-7-14)21-18(23)20(11-12-20)19(24)22-13-10-15-4-2-3-5-17(15)22/h2-9H,10-13H2,1H3,(H,21,23). The van der Waals surface area contributed by atoms with E-state index in [9.17, 15) is 9.59 Å². The maximum absolute atomic E-state index is 13.0. The van der Waals surface area contributed by atoms with Crippen molar-refractivity contribution in [3.63, 3.8) is 0 Å². The smallest absolute Gasteiger partial charge is 0.242 e. The van der Waals surface area contributed by atoms with Gasteiger partial charge in [0.05, 0.1) is 0 Å². The number of carbonyl (C=O) groups excluding carboxylic acids is 2. The molecule has 0 unspecified atom stereocenters. The van der Waals surface area contributed by atoms with Crippen LogP contribution in [0.15, 0.2) is 48.5 Å². The van der Waals surface area contributed by atoms with E-state index in [1.807, 2.05) is 49.4 Å². The molecule has 2 aliphatic rings. The van der Waals surface area contributed by atoms with Gasteiger partial charge in [0, 0.05) is 17.9 Å². The van der Waals surface area contributed by atoms with Crippen molar-refractivity contribution in [3.05, 3.63) is 59.7 Å². The van der Waals surface area contributed by atoms with E-state index in [1.165, 1.54) is 5.56 Å². The average Bonchev–Trinajstić information content (AvgIpc) is 3.30. The molecule has 0 radical (unpaired) electrons. The van der Waals surface area contributed by atoms with Crippen LogP contribution in [-0.4, -0.2) is 18.4 Å². The minimum Gasteiger partial charge on any atom is -0.325 e. The molecule has 2 aromatic carbocycles. The van der Waals surface area contributed by atoms with Gasteiger partial charge in [0.1, 0.15) is 5.41 Å². The van der Waals surface area contributed by atoms with Gasteiger partial charge in [-0.1, -0.05) is 35.9 Å². The second-order valence-electron chi connectivity index (χ2n) is 6.74. The van der Waals surface area contributed by atoms with Gasteiger partial charge in [0.2, 0.25) is 11.8 Å². The van der Waals surface area contributed by atoms with Crippen LogP contribution < -0.4 is 10.2 Å². The molecule has 24 heavy (non-hydrogen) atoms. The van der Waals surface area contributed by atoms with Crippen LogP contribution >= 0.6 is 0 Å². The molecule has 4 heteroatoms. The zero-order chi connectivity index (χ0) is 16.7. The second kappa shape index (κ2) is 5.48. The molecule has 122 valence electrons. The third-order valence-electron chi connectivity index (χ3n) is 5.04. The Balaban J connectivity index is 1.54. The molecular weight excluding hydrogens is 300 g/mol. The van der Waals surface area contributed by atoms with Gasteiger partial charge in [-0.15, -0.1) is 0 Å². The molecule has 0 spiro atoms. The number of nitrogens with zero attached hydrogens (tertiary/aromatic N) is 1. The molecular formula is C20H20N2O2. The number of amides is 2. The number of anilines is 2. The average molecular weight is 320 g/mol. The molecule has 1 N–H and O–H groups in total. The molecule has 0 atom stereocenters. The van der Waals surface area contributed by atoms with Crippen LogP contribution in [0, 0.1) is 12.3 Å². The van der Waals surface area contributed by atoms with E-state index in [2.05, 4.69) is 11.4 Å². The second-order valence-corrected chi connectivity index (χ2v) is 6.74. The molecule has 4 nitrogen and oxygen atoms in total. The van der Waals surface area contributed by atoms with E-state index < -0.39 is 5.41 Å². The van der Waals surface area contributed by atoms with Crippen LogP contribution in [0.3, 0.4) is 0 Å². The summed E-state index contributed by atoms with van der Waals surface area (Å²) in [4.78, 5) is 27.6. The van der Waals surface area contributed by atoms with Crippen LogP contribution in [0.2, 0.25) is 0 Å². The highest BCUT2D eigenvalue weighted by atomic mass is 16.2. The summed E-state index contributed by atoms with van der Waals surface area (Å²) in [7, 11) is 0. The molecule has 1 fully saturated rings. The SMILES string of the molecule is Cc1ccc(NC(=O)C2(C(=O)N3CCc4ccccc43)CC2)cc1. The Hall–Kier alpha value is -2.62. The van der Waals surface area contributed by atoms with E-state index in [0.29, 0.717) is 19.4 Å². The lowest BCUT2D eigenvalue weighted by Gasteiger charge is -2.23. The molecule has 1 heterocycles. The van der Waals surface area contributed by atoms with Crippen LogP contribution in [-0.2, 0) is 16.0 Å². The maximum Gasteiger partial charge on any atom is 0.242 e. The zero-order valence-electron chi connectivity index (χ0n) is 13.7. The maximum atomic E-state index is 13.0. The number of hydrogen-bond acceptors (Lipinski definition) is 2. The van der Waals surface area contributed by atoms with Crippen LogP contribution in [0.1, 0.15) is 24.0 Å². The number of aryl methyl sites for hydroxylation is 1. The van der Waals surface area contributed by atoms with Crippen LogP contribution in [0.5, 0.6) is 0 Å². The van der Waals surface area contributed by atoms with Gasteiger partial charge in [0.25, 0.3) is 0 Å². The Labute approximate surface area is 141 Å². The molecule has 0 saturated heterocycles. The predicted octanol–water partition coefficient (Wildman–Crippen LogP) is 3.30. The van der Waals surface area contributed by atoms with E-state index >= 15 is 0 Å². The Morgan fingerprint density at radius 1 is 1.04 bits per heavy atom. The largest absolute Gasteiger partial charge is 0.325 e.